The van der Waals surface area contributed by atoms with Crippen molar-refractivity contribution in [1.29, 1.82) is 0 Å². The molecule has 0 bridgehead atoms. The maximum absolute atomic E-state index is 6.36. The minimum absolute atomic E-state index is 0.143. The predicted octanol–water partition coefficient (Wildman–Crippen LogP) is 1.94. The van der Waals surface area contributed by atoms with Crippen molar-refractivity contribution in [2.24, 2.45) is 5.73 Å². The van der Waals surface area contributed by atoms with Crippen LogP contribution in [0.3, 0.4) is 0 Å². The minimum atomic E-state index is -0.143. The summed E-state index contributed by atoms with van der Waals surface area (Å²) >= 11 is 3.43. The molecule has 1 aromatic rings. The first kappa shape index (κ1) is 10.1. The van der Waals surface area contributed by atoms with Gasteiger partial charge in [-0.3, -0.25) is 0 Å². The molecule has 1 aliphatic heterocycles. The summed E-state index contributed by atoms with van der Waals surface area (Å²) in [5, 5.41) is 0. The molecule has 14 heavy (non-hydrogen) atoms. The molecule has 1 aliphatic rings. The highest BCUT2D eigenvalue weighted by Crippen LogP contribution is 2.29. The van der Waals surface area contributed by atoms with E-state index in [2.05, 4.69) is 52.1 Å². The number of nitrogens with zero attached hydrogens (tertiary/aromatic N) is 1. The van der Waals surface area contributed by atoms with Crippen LogP contribution in [0.15, 0.2) is 28.7 Å². The molecule has 1 fully saturated rings. The highest BCUT2D eigenvalue weighted by Gasteiger charge is 2.33. The summed E-state index contributed by atoms with van der Waals surface area (Å²) in [7, 11) is 2.12. The topological polar surface area (TPSA) is 29.3 Å². The van der Waals surface area contributed by atoms with E-state index in [4.69, 9.17) is 5.73 Å². The van der Waals surface area contributed by atoms with Crippen LogP contribution < -0.4 is 5.73 Å². The first-order valence-corrected chi connectivity index (χ1v) is 5.63. The van der Waals surface area contributed by atoms with Crippen molar-refractivity contribution in [1.82, 2.24) is 4.90 Å². The maximum Gasteiger partial charge on any atom is 0.0550 e. The molecule has 0 spiro atoms. The first-order chi connectivity index (χ1) is 6.60. The van der Waals surface area contributed by atoms with E-state index in [0.29, 0.717) is 0 Å². The van der Waals surface area contributed by atoms with E-state index in [1.54, 1.807) is 0 Å². The van der Waals surface area contributed by atoms with Crippen LogP contribution in [0.2, 0.25) is 0 Å². The third-order valence-electron chi connectivity index (χ3n) is 2.91. The second-order valence-corrected chi connectivity index (χ2v) is 5.07. The van der Waals surface area contributed by atoms with Crippen LogP contribution in [0.4, 0.5) is 0 Å². The lowest BCUT2D eigenvalue weighted by Crippen LogP contribution is -2.38. The number of rotatable bonds is 1. The second kappa shape index (κ2) is 3.65. The summed E-state index contributed by atoms with van der Waals surface area (Å²) in [6.45, 7) is 2.04. The van der Waals surface area contributed by atoms with Crippen molar-refractivity contribution >= 4 is 15.9 Å². The molecule has 0 radical (unpaired) electrons. The normalized spacial score (nSPS) is 28.2. The highest BCUT2D eigenvalue weighted by atomic mass is 79.9. The Morgan fingerprint density at radius 1 is 1.36 bits per heavy atom. The highest BCUT2D eigenvalue weighted by molar-refractivity contribution is 9.10. The lowest BCUT2D eigenvalue weighted by molar-refractivity contribution is 0.373. The van der Waals surface area contributed by atoms with E-state index in [9.17, 15) is 0 Å². The third-order valence-corrected chi connectivity index (χ3v) is 3.44. The van der Waals surface area contributed by atoms with Crippen molar-refractivity contribution in [3.8, 4) is 0 Å². The number of benzene rings is 1. The number of halogens is 1. The van der Waals surface area contributed by atoms with E-state index in [-0.39, 0.29) is 5.54 Å². The summed E-state index contributed by atoms with van der Waals surface area (Å²) in [6.07, 6.45) is 1.05. The van der Waals surface area contributed by atoms with Crippen LogP contribution in [0.25, 0.3) is 0 Å². The largest absolute Gasteiger partial charge is 0.320 e. The molecule has 1 atom stereocenters. The smallest absolute Gasteiger partial charge is 0.0550 e. The fourth-order valence-corrected chi connectivity index (χ4v) is 2.31. The molecule has 3 heteroatoms. The Morgan fingerprint density at radius 2 is 2.00 bits per heavy atom. The van der Waals surface area contributed by atoms with Gasteiger partial charge < -0.3 is 10.6 Å². The van der Waals surface area contributed by atoms with Gasteiger partial charge in [-0.05, 0) is 31.2 Å². The quantitative estimate of drug-likeness (QED) is 0.830. The Labute approximate surface area is 93.2 Å². The molecule has 0 amide bonds. The van der Waals surface area contributed by atoms with Crippen molar-refractivity contribution < 1.29 is 0 Å². The van der Waals surface area contributed by atoms with Gasteiger partial charge in [0.2, 0.25) is 0 Å². The van der Waals surface area contributed by atoms with Crippen molar-refractivity contribution in [3.63, 3.8) is 0 Å². The van der Waals surface area contributed by atoms with E-state index in [0.717, 1.165) is 24.0 Å². The zero-order valence-corrected chi connectivity index (χ0v) is 9.92. The standard InChI is InChI=1S/C11H15BrN2/c1-14-7-6-11(13,8-14)9-2-4-10(12)5-3-9/h2-5H,6-8,13H2,1H3. The van der Waals surface area contributed by atoms with Crippen LogP contribution >= 0.6 is 15.9 Å². The molecule has 1 saturated heterocycles. The van der Waals surface area contributed by atoms with E-state index < -0.39 is 0 Å². The molecule has 2 nitrogen and oxygen atoms in total. The average molecular weight is 255 g/mol. The van der Waals surface area contributed by atoms with Crippen LogP contribution in [-0.2, 0) is 5.54 Å². The van der Waals surface area contributed by atoms with E-state index in [1.165, 1.54) is 5.56 Å². The molecule has 0 aromatic heterocycles. The van der Waals surface area contributed by atoms with Crippen LogP contribution in [-0.4, -0.2) is 25.0 Å². The molecule has 0 saturated carbocycles. The van der Waals surface area contributed by atoms with Crippen LogP contribution in [0.5, 0.6) is 0 Å². The SMILES string of the molecule is CN1CCC(N)(c2ccc(Br)cc2)C1. The third kappa shape index (κ3) is 1.85. The molecule has 1 aromatic carbocycles. The Bertz CT molecular complexity index is 323. The Hall–Kier alpha value is -0.380. The van der Waals surface area contributed by atoms with E-state index in [1.807, 2.05) is 0 Å². The fraction of sp³-hybridized carbons (Fsp3) is 0.455. The maximum atomic E-state index is 6.36. The molecule has 2 rings (SSSR count). The monoisotopic (exact) mass is 254 g/mol. The zero-order chi connectivity index (χ0) is 10.2. The number of nitrogens with two attached hydrogens (primary N) is 1. The summed E-state index contributed by atoms with van der Waals surface area (Å²) in [4.78, 5) is 2.28. The molecule has 1 unspecified atom stereocenters. The molecule has 0 aliphatic carbocycles. The minimum Gasteiger partial charge on any atom is -0.320 e. The van der Waals surface area contributed by atoms with Crippen LogP contribution in [0.1, 0.15) is 12.0 Å². The molecule has 76 valence electrons. The van der Waals surface area contributed by atoms with Gasteiger partial charge in [-0.15, -0.1) is 0 Å². The van der Waals surface area contributed by atoms with Gasteiger partial charge in [-0.2, -0.15) is 0 Å². The molecular formula is C11H15BrN2. The van der Waals surface area contributed by atoms with Crippen molar-refractivity contribution in [3.05, 3.63) is 34.3 Å². The van der Waals surface area contributed by atoms with Gasteiger partial charge in [0.25, 0.3) is 0 Å². The molecular weight excluding hydrogens is 240 g/mol. The predicted molar refractivity (Wildman–Crippen MR) is 62.1 cm³/mol. The van der Waals surface area contributed by atoms with Gasteiger partial charge >= 0.3 is 0 Å². The Balaban J connectivity index is 2.26. The number of likely N-dealkylation sites (N-methyl/N-ethyl adjacent to an activating group) is 1. The lowest BCUT2D eigenvalue weighted by atomic mass is 9.90. The van der Waals surface area contributed by atoms with Gasteiger partial charge in [-0.25, -0.2) is 0 Å². The van der Waals surface area contributed by atoms with Gasteiger partial charge in [-0.1, -0.05) is 28.1 Å². The summed E-state index contributed by atoms with van der Waals surface area (Å²) in [6, 6.07) is 8.34. The van der Waals surface area contributed by atoms with Gasteiger partial charge in [0.05, 0.1) is 5.54 Å². The van der Waals surface area contributed by atoms with Crippen molar-refractivity contribution in [2.75, 3.05) is 20.1 Å². The first-order valence-electron chi connectivity index (χ1n) is 4.84. The van der Waals surface area contributed by atoms with E-state index >= 15 is 0 Å². The van der Waals surface area contributed by atoms with Gasteiger partial charge in [0, 0.05) is 17.6 Å². The fourth-order valence-electron chi connectivity index (χ4n) is 2.05. The molecule has 2 N–H and O–H groups in total. The Kier molecular flexibility index (Phi) is 2.64. The summed E-state index contributed by atoms with van der Waals surface area (Å²) < 4.78 is 1.11. The lowest BCUT2D eigenvalue weighted by Gasteiger charge is -2.24. The average Bonchev–Trinajstić information content (AvgIpc) is 2.48. The second-order valence-electron chi connectivity index (χ2n) is 4.15. The van der Waals surface area contributed by atoms with Gasteiger partial charge in [0.15, 0.2) is 0 Å². The van der Waals surface area contributed by atoms with Crippen molar-refractivity contribution in [2.45, 2.75) is 12.0 Å². The number of likely N-dealkylation sites (tertiary alicyclic amines) is 1. The summed E-state index contributed by atoms with van der Waals surface area (Å²) in [5.74, 6) is 0. The van der Waals surface area contributed by atoms with Crippen LogP contribution in [0, 0.1) is 0 Å². The molecule has 1 heterocycles. The number of hydrogen-bond acceptors (Lipinski definition) is 2. The Morgan fingerprint density at radius 3 is 2.50 bits per heavy atom. The summed E-state index contributed by atoms with van der Waals surface area (Å²) in [5.41, 5.74) is 7.46. The number of hydrogen-bond donors (Lipinski definition) is 1. The zero-order valence-electron chi connectivity index (χ0n) is 8.33. The van der Waals surface area contributed by atoms with Gasteiger partial charge in [0.1, 0.15) is 0 Å².